The second kappa shape index (κ2) is 10.2. The predicted molar refractivity (Wildman–Crippen MR) is 128 cm³/mol. The third kappa shape index (κ3) is 5.09. The number of nitrogens with one attached hydrogen (secondary N) is 2. The number of carbonyl (C=O) groups is 3. The predicted octanol–water partition coefficient (Wildman–Crippen LogP) is 3.97. The Labute approximate surface area is 197 Å². The molecule has 1 aliphatic rings. The summed E-state index contributed by atoms with van der Waals surface area (Å²) in [6, 6.07) is 22.0. The molecular formula is C27H26N2O5. The summed E-state index contributed by atoms with van der Waals surface area (Å²) in [5.74, 6) is -1.39. The van der Waals surface area contributed by atoms with Crippen LogP contribution in [0.4, 0.5) is 4.79 Å². The van der Waals surface area contributed by atoms with Gasteiger partial charge in [-0.3, -0.25) is 4.79 Å². The van der Waals surface area contributed by atoms with Gasteiger partial charge in [-0.15, -0.1) is 0 Å². The molecule has 0 aliphatic heterocycles. The van der Waals surface area contributed by atoms with E-state index in [1.165, 1.54) is 6.07 Å². The van der Waals surface area contributed by atoms with Gasteiger partial charge < -0.3 is 20.5 Å². The molecule has 34 heavy (non-hydrogen) atoms. The largest absolute Gasteiger partial charge is 0.478 e. The first-order chi connectivity index (χ1) is 16.4. The van der Waals surface area contributed by atoms with E-state index >= 15 is 0 Å². The molecule has 3 aromatic carbocycles. The molecule has 0 fully saturated rings. The summed E-state index contributed by atoms with van der Waals surface area (Å²) in [6.45, 7) is 2.08. The minimum Gasteiger partial charge on any atom is -0.478 e. The Kier molecular flexibility index (Phi) is 6.92. The van der Waals surface area contributed by atoms with Crippen molar-refractivity contribution in [3.63, 3.8) is 0 Å². The van der Waals surface area contributed by atoms with Crippen LogP contribution in [0.3, 0.4) is 0 Å². The van der Waals surface area contributed by atoms with Crippen LogP contribution < -0.4 is 10.6 Å². The molecule has 0 heterocycles. The van der Waals surface area contributed by atoms with Crippen LogP contribution in [-0.2, 0) is 16.0 Å². The first kappa shape index (κ1) is 23.0. The van der Waals surface area contributed by atoms with Crippen molar-refractivity contribution in [2.24, 2.45) is 0 Å². The number of alkyl carbamates (subject to hydrolysis) is 1. The van der Waals surface area contributed by atoms with Crippen LogP contribution in [0.25, 0.3) is 11.1 Å². The Morgan fingerprint density at radius 2 is 1.59 bits per heavy atom. The fourth-order valence-corrected chi connectivity index (χ4v) is 4.23. The van der Waals surface area contributed by atoms with Crippen LogP contribution >= 0.6 is 0 Å². The van der Waals surface area contributed by atoms with Crippen molar-refractivity contribution < 1.29 is 24.2 Å². The molecule has 0 aromatic heterocycles. The van der Waals surface area contributed by atoms with Crippen molar-refractivity contribution in [2.45, 2.75) is 25.3 Å². The van der Waals surface area contributed by atoms with Gasteiger partial charge in [0.25, 0.3) is 0 Å². The maximum absolute atomic E-state index is 12.4. The second-order valence-electron chi connectivity index (χ2n) is 8.24. The lowest BCUT2D eigenvalue weighted by Crippen LogP contribution is -2.45. The van der Waals surface area contributed by atoms with Gasteiger partial charge in [0.1, 0.15) is 12.6 Å². The summed E-state index contributed by atoms with van der Waals surface area (Å²) in [5.41, 5.74) is 5.54. The molecule has 174 valence electrons. The number of carbonyl (C=O) groups excluding carboxylic acids is 2. The van der Waals surface area contributed by atoms with Crippen molar-refractivity contribution in [1.29, 1.82) is 0 Å². The maximum Gasteiger partial charge on any atom is 0.407 e. The quantitative estimate of drug-likeness (QED) is 0.474. The third-order valence-corrected chi connectivity index (χ3v) is 5.96. The Morgan fingerprint density at radius 1 is 0.941 bits per heavy atom. The molecule has 1 aliphatic carbocycles. The molecular weight excluding hydrogens is 432 g/mol. The highest BCUT2D eigenvalue weighted by Gasteiger charge is 2.29. The number of hydrogen-bond donors (Lipinski definition) is 3. The monoisotopic (exact) mass is 458 g/mol. The standard InChI is InChI=1S/C27H26N2O5/c1-17(25(30)28-14-13-18-7-6-8-19(15-18)26(31)32)29-27(33)34-16-24-22-11-4-2-9-20(22)21-10-3-5-12-23(21)24/h2-12,15,17,24H,13-14,16H2,1H3,(H,28,30)(H,29,33)(H,31,32)/t17-/m0/s1. The lowest BCUT2D eigenvalue weighted by Gasteiger charge is -2.17. The number of ether oxygens (including phenoxy) is 1. The van der Waals surface area contributed by atoms with Crippen LogP contribution in [0.2, 0.25) is 0 Å². The van der Waals surface area contributed by atoms with Gasteiger partial charge in [-0.2, -0.15) is 0 Å². The Hall–Kier alpha value is -4.13. The van der Waals surface area contributed by atoms with Crippen LogP contribution in [-0.4, -0.2) is 42.3 Å². The molecule has 7 heteroatoms. The first-order valence-corrected chi connectivity index (χ1v) is 11.2. The number of hydrogen-bond acceptors (Lipinski definition) is 4. The number of fused-ring (bicyclic) bond motifs is 3. The molecule has 1 atom stereocenters. The first-order valence-electron chi connectivity index (χ1n) is 11.2. The highest BCUT2D eigenvalue weighted by atomic mass is 16.5. The van der Waals surface area contributed by atoms with Gasteiger partial charge in [0.2, 0.25) is 5.91 Å². The molecule has 0 saturated heterocycles. The van der Waals surface area contributed by atoms with Crippen LogP contribution in [0, 0.1) is 0 Å². The van der Waals surface area contributed by atoms with E-state index in [2.05, 4.69) is 22.8 Å². The van der Waals surface area contributed by atoms with Crippen molar-refractivity contribution in [2.75, 3.05) is 13.2 Å². The van der Waals surface area contributed by atoms with Crippen molar-refractivity contribution in [1.82, 2.24) is 10.6 Å². The number of rotatable bonds is 8. The Morgan fingerprint density at radius 3 is 2.24 bits per heavy atom. The average Bonchev–Trinajstić information content (AvgIpc) is 3.16. The molecule has 0 bridgehead atoms. The lowest BCUT2D eigenvalue weighted by molar-refractivity contribution is -0.122. The highest BCUT2D eigenvalue weighted by molar-refractivity contribution is 5.88. The minimum absolute atomic E-state index is 0.0520. The fraction of sp³-hybridized carbons (Fsp3) is 0.222. The van der Waals surface area contributed by atoms with Crippen molar-refractivity contribution >= 4 is 18.0 Å². The number of aromatic carboxylic acids is 1. The maximum atomic E-state index is 12.4. The summed E-state index contributed by atoms with van der Waals surface area (Å²) in [4.78, 5) is 35.8. The number of carboxylic acids is 1. The topological polar surface area (TPSA) is 105 Å². The van der Waals surface area contributed by atoms with E-state index in [0.717, 1.165) is 27.8 Å². The normalized spacial score (nSPS) is 12.9. The molecule has 0 unspecified atom stereocenters. The molecule has 2 amide bonds. The van der Waals surface area contributed by atoms with Crippen molar-refractivity contribution in [3.05, 3.63) is 95.1 Å². The van der Waals surface area contributed by atoms with E-state index < -0.39 is 18.1 Å². The van der Waals surface area contributed by atoms with Gasteiger partial charge in [-0.1, -0.05) is 60.7 Å². The molecule has 0 radical (unpaired) electrons. The number of carboxylic acid groups (broad SMARTS) is 1. The van der Waals surface area contributed by atoms with Gasteiger partial charge in [0, 0.05) is 12.5 Å². The fourth-order valence-electron chi connectivity index (χ4n) is 4.23. The van der Waals surface area contributed by atoms with Gasteiger partial charge in [0.05, 0.1) is 5.56 Å². The van der Waals surface area contributed by atoms with Gasteiger partial charge >= 0.3 is 12.1 Å². The highest BCUT2D eigenvalue weighted by Crippen LogP contribution is 2.44. The summed E-state index contributed by atoms with van der Waals surface area (Å²) in [7, 11) is 0. The molecule has 0 saturated carbocycles. The molecule has 4 rings (SSSR count). The second-order valence-corrected chi connectivity index (χ2v) is 8.24. The zero-order chi connectivity index (χ0) is 24.1. The molecule has 0 spiro atoms. The van der Waals surface area contributed by atoms with E-state index in [-0.39, 0.29) is 24.0 Å². The zero-order valence-electron chi connectivity index (χ0n) is 18.8. The Balaban J connectivity index is 1.26. The van der Waals surface area contributed by atoms with Crippen molar-refractivity contribution in [3.8, 4) is 11.1 Å². The van der Waals surface area contributed by atoms with Gasteiger partial charge in [-0.05, 0) is 53.3 Å². The SMILES string of the molecule is C[C@H](NC(=O)OCC1c2ccccc2-c2ccccc21)C(=O)NCCc1cccc(C(=O)O)c1. The average molecular weight is 459 g/mol. The van der Waals surface area contributed by atoms with Crippen LogP contribution in [0.5, 0.6) is 0 Å². The van der Waals surface area contributed by atoms with Crippen LogP contribution in [0.15, 0.2) is 72.8 Å². The Bertz CT molecular complexity index is 1180. The summed E-state index contributed by atoms with van der Waals surface area (Å²) >= 11 is 0. The lowest BCUT2D eigenvalue weighted by atomic mass is 9.98. The van der Waals surface area contributed by atoms with Crippen LogP contribution in [0.1, 0.15) is 39.9 Å². The molecule has 3 N–H and O–H groups in total. The molecule has 3 aromatic rings. The summed E-state index contributed by atoms with van der Waals surface area (Å²) in [6.07, 6.45) is -0.177. The van der Waals surface area contributed by atoms with E-state index in [4.69, 9.17) is 9.84 Å². The van der Waals surface area contributed by atoms with Gasteiger partial charge in [-0.25, -0.2) is 9.59 Å². The van der Waals surface area contributed by atoms with E-state index in [1.807, 2.05) is 36.4 Å². The van der Waals surface area contributed by atoms with E-state index in [1.54, 1.807) is 25.1 Å². The van der Waals surface area contributed by atoms with Gasteiger partial charge in [0.15, 0.2) is 0 Å². The number of benzene rings is 3. The van der Waals surface area contributed by atoms with E-state index in [9.17, 15) is 14.4 Å². The summed E-state index contributed by atoms with van der Waals surface area (Å²) in [5, 5.41) is 14.4. The molecule has 7 nitrogen and oxygen atoms in total. The third-order valence-electron chi connectivity index (χ3n) is 5.96. The van der Waals surface area contributed by atoms with E-state index in [0.29, 0.717) is 13.0 Å². The minimum atomic E-state index is -0.994. The number of amides is 2. The smallest absolute Gasteiger partial charge is 0.407 e. The summed E-state index contributed by atoms with van der Waals surface area (Å²) < 4.78 is 5.48. The zero-order valence-corrected chi connectivity index (χ0v) is 18.8.